The first-order valence-electron chi connectivity index (χ1n) is 3.49. The molecule has 68 valence electrons. The quantitative estimate of drug-likeness (QED) is 0.529. The third-order valence-electron chi connectivity index (χ3n) is 1.63. The van der Waals surface area contributed by atoms with Gasteiger partial charge in [-0.15, -0.1) is 0 Å². The lowest BCUT2D eigenvalue weighted by Gasteiger charge is -1.93. The molecule has 0 aliphatic heterocycles. The van der Waals surface area contributed by atoms with E-state index < -0.39 is 11.1 Å². The van der Waals surface area contributed by atoms with Crippen molar-refractivity contribution in [3.05, 3.63) is 45.0 Å². The second kappa shape index (κ2) is 3.24. The van der Waals surface area contributed by atoms with Crippen molar-refractivity contribution in [2.24, 2.45) is 0 Å². The largest absolute Gasteiger partial charge is 0.412 e. The number of H-pyrrole nitrogens is 2. The molecule has 0 spiro atoms. The molecule has 0 atom stereocenters. The lowest BCUT2D eigenvalue weighted by atomic mass is 10.3. The fourth-order valence-electron chi connectivity index (χ4n) is 1.06. The SMILES string of the molecule is O.O=c1[nH]c2ccccc2[nH]c1=O. The van der Waals surface area contributed by atoms with Crippen molar-refractivity contribution in [2.45, 2.75) is 0 Å². The van der Waals surface area contributed by atoms with Crippen LogP contribution in [0.25, 0.3) is 11.0 Å². The summed E-state index contributed by atoms with van der Waals surface area (Å²) in [6.07, 6.45) is 0. The number of fused-ring (bicyclic) bond motifs is 1. The molecular weight excluding hydrogens is 172 g/mol. The predicted molar refractivity (Wildman–Crippen MR) is 48.8 cm³/mol. The van der Waals surface area contributed by atoms with Crippen molar-refractivity contribution in [3.8, 4) is 0 Å². The molecule has 1 heterocycles. The van der Waals surface area contributed by atoms with E-state index in [-0.39, 0.29) is 5.48 Å². The van der Waals surface area contributed by atoms with E-state index >= 15 is 0 Å². The van der Waals surface area contributed by atoms with E-state index in [0.29, 0.717) is 11.0 Å². The van der Waals surface area contributed by atoms with Crippen molar-refractivity contribution in [1.82, 2.24) is 9.97 Å². The van der Waals surface area contributed by atoms with Crippen molar-refractivity contribution >= 4 is 11.0 Å². The molecule has 4 N–H and O–H groups in total. The van der Waals surface area contributed by atoms with Crippen LogP contribution in [0.4, 0.5) is 0 Å². The van der Waals surface area contributed by atoms with Crippen LogP contribution in [0.15, 0.2) is 33.9 Å². The molecule has 0 bridgehead atoms. The van der Waals surface area contributed by atoms with Gasteiger partial charge >= 0.3 is 11.1 Å². The van der Waals surface area contributed by atoms with Crippen molar-refractivity contribution in [3.63, 3.8) is 0 Å². The molecule has 5 nitrogen and oxygen atoms in total. The number of para-hydroxylation sites is 2. The van der Waals surface area contributed by atoms with E-state index in [9.17, 15) is 9.59 Å². The Bertz CT molecular complexity index is 478. The average molecular weight is 180 g/mol. The van der Waals surface area contributed by atoms with Crippen LogP contribution in [0, 0.1) is 0 Å². The molecule has 0 saturated carbocycles. The van der Waals surface area contributed by atoms with Gasteiger partial charge in [0.2, 0.25) is 0 Å². The van der Waals surface area contributed by atoms with Crippen LogP contribution in [-0.2, 0) is 0 Å². The van der Waals surface area contributed by atoms with Crippen LogP contribution in [0.2, 0.25) is 0 Å². The maximum Gasteiger partial charge on any atom is 0.314 e. The monoisotopic (exact) mass is 180 g/mol. The van der Waals surface area contributed by atoms with E-state index in [1.54, 1.807) is 24.3 Å². The number of rotatable bonds is 0. The van der Waals surface area contributed by atoms with Gasteiger partial charge in [0, 0.05) is 0 Å². The standard InChI is InChI=1S/C8H6N2O2.H2O/c11-7-8(12)10-6-4-2-1-3-5(6)9-7;/h1-4H,(H,9,11)(H,10,12);1H2. The highest BCUT2D eigenvalue weighted by molar-refractivity contribution is 5.72. The first kappa shape index (κ1) is 9.21. The zero-order valence-corrected chi connectivity index (χ0v) is 6.63. The van der Waals surface area contributed by atoms with Crippen LogP contribution < -0.4 is 11.1 Å². The molecule has 5 heteroatoms. The van der Waals surface area contributed by atoms with Crippen molar-refractivity contribution in [2.75, 3.05) is 0 Å². The smallest absolute Gasteiger partial charge is 0.314 e. The van der Waals surface area contributed by atoms with E-state index in [2.05, 4.69) is 9.97 Å². The lowest BCUT2D eigenvalue weighted by molar-refractivity contribution is 0.824. The van der Waals surface area contributed by atoms with Gasteiger partial charge < -0.3 is 15.4 Å². The average Bonchev–Trinajstić information content (AvgIpc) is 2.07. The summed E-state index contributed by atoms with van der Waals surface area (Å²) in [7, 11) is 0. The zero-order chi connectivity index (χ0) is 8.55. The highest BCUT2D eigenvalue weighted by atomic mass is 16.2. The van der Waals surface area contributed by atoms with Crippen LogP contribution in [-0.4, -0.2) is 15.4 Å². The first-order chi connectivity index (χ1) is 5.77. The van der Waals surface area contributed by atoms with Gasteiger partial charge in [0.15, 0.2) is 0 Å². The zero-order valence-electron chi connectivity index (χ0n) is 6.63. The molecule has 13 heavy (non-hydrogen) atoms. The number of aromatic amines is 2. The Labute approximate surface area is 72.4 Å². The summed E-state index contributed by atoms with van der Waals surface area (Å²) < 4.78 is 0. The van der Waals surface area contributed by atoms with Gasteiger partial charge in [0.1, 0.15) is 0 Å². The molecular formula is C8H8N2O3. The van der Waals surface area contributed by atoms with Crippen LogP contribution in [0.3, 0.4) is 0 Å². The van der Waals surface area contributed by atoms with Gasteiger partial charge in [0.05, 0.1) is 11.0 Å². The Morgan fingerprint density at radius 1 is 0.846 bits per heavy atom. The fraction of sp³-hybridized carbons (Fsp3) is 0. The maximum atomic E-state index is 10.8. The predicted octanol–water partition coefficient (Wildman–Crippen LogP) is -0.608. The van der Waals surface area contributed by atoms with Crippen LogP contribution >= 0.6 is 0 Å². The van der Waals surface area contributed by atoms with Gasteiger partial charge in [-0.05, 0) is 12.1 Å². The molecule has 0 aliphatic rings. The van der Waals surface area contributed by atoms with E-state index in [1.807, 2.05) is 0 Å². The van der Waals surface area contributed by atoms with Gasteiger partial charge in [-0.2, -0.15) is 0 Å². The normalized spacial score (nSPS) is 9.54. The molecule has 1 aromatic heterocycles. The molecule has 1 aromatic carbocycles. The molecule has 0 saturated heterocycles. The summed E-state index contributed by atoms with van der Waals surface area (Å²) in [5, 5.41) is 0. The summed E-state index contributed by atoms with van der Waals surface area (Å²) in [5.74, 6) is 0. The summed E-state index contributed by atoms with van der Waals surface area (Å²) in [6, 6.07) is 7.03. The highest BCUT2D eigenvalue weighted by Gasteiger charge is 1.95. The summed E-state index contributed by atoms with van der Waals surface area (Å²) >= 11 is 0. The lowest BCUT2D eigenvalue weighted by Crippen LogP contribution is -2.28. The third kappa shape index (κ3) is 1.50. The minimum Gasteiger partial charge on any atom is -0.412 e. The van der Waals surface area contributed by atoms with Crippen molar-refractivity contribution < 1.29 is 5.48 Å². The number of nitrogens with one attached hydrogen (secondary N) is 2. The molecule has 2 rings (SSSR count). The van der Waals surface area contributed by atoms with E-state index in [0.717, 1.165) is 0 Å². The Balaban J connectivity index is 0.000000845. The number of aromatic nitrogens is 2. The second-order valence-corrected chi connectivity index (χ2v) is 2.45. The molecule has 0 fully saturated rings. The molecule has 0 amide bonds. The van der Waals surface area contributed by atoms with Crippen LogP contribution in [0.5, 0.6) is 0 Å². The van der Waals surface area contributed by atoms with Gasteiger partial charge in [-0.3, -0.25) is 9.59 Å². The fourth-order valence-corrected chi connectivity index (χ4v) is 1.06. The minimum atomic E-state index is -0.617. The second-order valence-electron chi connectivity index (χ2n) is 2.45. The molecule has 0 unspecified atom stereocenters. The van der Waals surface area contributed by atoms with Gasteiger partial charge in [-0.1, -0.05) is 12.1 Å². The Hall–Kier alpha value is -1.88. The molecule has 0 radical (unpaired) electrons. The van der Waals surface area contributed by atoms with Crippen molar-refractivity contribution in [1.29, 1.82) is 0 Å². The first-order valence-corrected chi connectivity index (χ1v) is 3.49. The summed E-state index contributed by atoms with van der Waals surface area (Å²) in [6.45, 7) is 0. The van der Waals surface area contributed by atoms with Gasteiger partial charge in [-0.25, -0.2) is 0 Å². The van der Waals surface area contributed by atoms with Crippen LogP contribution in [0.1, 0.15) is 0 Å². The topological polar surface area (TPSA) is 97.2 Å². The summed E-state index contributed by atoms with van der Waals surface area (Å²) in [4.78, 5) is 26.6. The Morgan fingerprint density at radius 3 is 1.62 bits per heavy atom. The summed E-state index contributed by atoms with van der Waals surface area (Å²) in [5.41, 5.74) is 0.0478. The van der Waals surface area contributed by atoms with Gasteiger partial charge in [0.25, 0.3) is 0 Å². The minimum absolute atomic E-state index is 0. The number of hydrogen-bond acceptors (Lipinski definition) is 2. The van der Waals surface area contributed by atoms with E-state index in [4.69, 9.17) is 0 Å². The van der Waals surface area contributed by atoms with E-state index in [1.165, 1.54) is 0 Å². The Kier molecular flexibility index (Phi) is 2.29. The molecule has 2 aromatic rings. The molecule has 0 aliphatic carbocycles. The maximum absolute atomic E-state index is 10.8. The Morgan fingerprint density at radius 2 is 1.23 bits per heavy atom. The number of hydrogen-bond donors (Lipinski definition) is 2. The third-order valence-corrected chi connectivity index (χ3v) is 1.63. The number of benzene rings is 1. The highest BCUT2D eigenvalue weighted by Crippen LogP contribution is 2.01.